The summed E-state index contributed by atoms with van der Waals surface area (Å²) >= 11 is 0. The van der Waals surface area contributed by atoms with Crippen LogP contribution in [0.3, 0.4) is 0 Å². The van der Waals surface area contributed by atoms with E-state index >= 15 is 0 Å². The molecule has 1 unspecified atom stereocenters. The number of benzene rings is 3. The minimum atomic E-state index is 0.0771. The predicted octanol–water partition coefficient (Wildman–Crippen LogP) is 6.01. The van der Waals surface area contributed by atoms with Crippen LogP contribution in [0.15, 0.2) is 78.9 Å². The Morgan fingerprint density at radius 3 is 2.24 bits per heavy atom. The van der Waals surface area contributed by atoms with Crippen molar-refractivity contribution in [3.63, 3.8) is 0 Å². The molecular formula is C28H29N3O2. The zero-order chi connectivity index (χ0) is 22.8. The molecule has 1 aromatic heterocycles. The molecule has 1 aliphatic rings. The molecule has 0 amide bonds. The van der Waals surface area contributed by atoms with Gasteiger partial charge in [-0.05, 0) is 50.8 Å². The van der Waals surface area contributed by atoms with Crippen LogP contribution in [0.4, 0.5) is 0 Å². The van der Waals surface area contributed by atoms with Gasteiger partial charge in [0.15, 0.2) is 0 Å². The molecule has 1 aliphatic heterocycles. The fourth-order valence-corrected chi connectivity index (χ4v) is 4.36. The molecule has 168 valence electrons. The van der Waals surface area contributed by atoms with Gasteiger partial charge in [-0.3, -0.25) is 0 Å². The summed E-state index contributed by atoms with van der Waals surface area (Å²) in [5, 5.41) is 0. The van der Waals surface area contributed by atoms with Gasteiger partial charge in [-0.25, -0.2) is 4.98 Å². The molecular weight excluding hydrogens is 410 g/mol. The first kappa shape index (κ1) is 21.4. The zero-order valence-corrected chi connectivity index (χ0v) is 19.4. The second kappa shape index (κ2) is 9.22. The minimum Gasteiger partial charge on any atom is -0.456 e. The Hall–Kier alpha value is -3.41. The van der Waals surface area contributed by atoms with Crippen molar-refractivity contribution in [3.8, 4) is 34.0 Å². The highest BCUT2D eigenvalue weighted by atomic mass is 16.5. The second-order valence-electron chi connectivity index (χ2n) is 8.63. The number of ether oxygens (including phenoxy) is 2. The number of para-hydroxylation sites is 2. The lowest BCUT2D eigenvalue weighted by molar-refractivity contribution is 0.0981. The molecule has 0 N–H and O–H groups in total. The van der Waals surface area contributed by atoms with Crippen LogP contribution in [-0.4, -0.2) is 41.7 Å². The zero-order valence-electron chi connectivity index (χ0n) is 19.4. The Bertz CT molecular complexity index is 1250. The summed E-state index contributed by atoms with van der Waals surface area (Å²) in [5.41, 5.74) is 5.27. The van der Waals surface area contributed by atoms with Crippen molar-refractivity contribution < 1.29 is 9.47 Å². The number of imidazole rings is 1. The quantitative estimate of drug-likeness (QED) is 0.291. The van der Waals surface area contributed by atoms with Crippen LogP contribution in [0.5, 0.6) is 11.5 Å². The van der Waals surface area contributed by atoms with Crippen molar-refractivity contribution in [2.75, 3.05) is 27.2 Å². The van der Waals surface area contributed by atoms with E-state index in [9.17, 15) is 0 Å². The maximum Gasteiger partial charge on any atom is 0.136 e. The number of rotatable bonds is 7. The van der Waals surface area contributed by atoms with Crippen molar-refractivity contribution in [1.29, 1.82) is 0 Å². The molecule has 4 aromatic rings. The van der Waals surface area contributed by atoms with Gasteiger partial charge >= 0.3 is 0 Å². The third kappa shape index (κ3) is 4.17. The van der Waals surface area contributed by atoms with Crippen LogP contribution in [0.1, 0.15) is 24.4 Å². The summed E-state index contributed by atoms with van der Waals surface area (Å²) < 4.78 is 14.8. The lowest BCUT2D eigenvalue weighted by Gasteiger charge is -2.21. The van der Waals surface area contributed by atoms with Gasteiger partial charge in [0.05, 0.1) is 18.3 Å². The fraction of sp³-hybridized carbons (Fsp3) is 0.250. The van der Waals surface area contributed by atoms with Gasteiger partial charge in [-0.15, -0.1) is 0 Å². The minimum absolute atomic E-state index is 0.0771. The predicted molar refractivity (Wildman–Crippen MR) is 132 cm³/mol. The van der Waals surface area contributed by atoms with Crippen molar-refractivity contribution >= 4 is 0 Å². The maximum atomic E-state index is 6.36. The highest BCUT2D eigenvalue weighted by Gasteiger charge is 2.29. The van der Waals surface area contributed by atoms with E-state index in [1.54, 1.807) is 0 Å². The molecule has 0 spiro atoms. The first-order valence-electron chi connectivity index (χ1n) is 11.4. The summed E-state index contributed by atoms with van der Waals surface area (Å²) in [5.74, 6) is 2.58. The van der Waals surface area contributed by atoms with E-state index in [0.29, 0.717) is 13.2 Å². The Labute approximate surface area is 195 Å². The average molecular weight is 440 g/mol. The van der Waals surface area contributed by atoms with Gasteiger partial charge < -0.3 is 18.9 Å². The molecule has 0 bridgehead atoms. The molecule has 0 fully saturated rings. The van der Waals surface area contributed by atoms with Crippen LogP contribution in [-0.2, 0) is 11.3 Å². The number of likely N-dealkylation sites (N-methyl/N-ethyl adjacent to an activating group) is 1. The molecule has 0 saturated carbocycles. The first-order chi connectivity index (χ1) is 16.1. The number of fused-ring (bicyclic) bond motifs is 5. The van der Waals surface area contributed by atoms with Gasteiger partial charge in [-0.1, -0.05) is 54.6 Å². The number of hydrogen-bond donors (Lipinski definition) is 0. The molecule has 1 atom stereocenters. The van der Waals surface area contributed by atoms with Crippen LogP contribution >= 0.6 is 0 Å². The number of nitrogens with zero attached hydrogens (tertiary/aromatic N) is 3. The van der Waals surface area contributed by atoms with Crippen molar-refractivity contribution in [1.82, 2.24) is 14.5 Å². The lowest BCUT2D eigenvalue weighted by Crippen LogP contribution is -2.19. The lowest BCUT2D eigenvalue weighted by atomic mass is 10.0. The fourth-order valence-electron chi connectivity index (χ4n) is 4.36. The van der Waals surface area contributed by atoms with Gasteiger partial charge in [0, 0.05) is 17.7 Å². The van der Waals surface area contributed by atoms with Crippen molar-refractivity contribution in [2.24, 2.45) is 0 Å². The van der Waals surface area contributed by atoms with E-state index in [0.717, 1.165) is 46.4 Å². The Balaban J connectivity index is 1.70. The maximum absolute atomic E-state index is 6.36. The third-order valence-corrected chi connectivity index (χ3v) is 6.07. The Morgan fingerprint density at radius 1 is 0.879 bits per heavy atom. The van der Waals surface area contributed by atoms with Crippen molar-refractivity contribution in [2.45, 2.75) is 19.6 Å². The van der Waals surface area contributed by atoms with Gasteiger partial charge in [0.2, 0.25) is 0 Å². The molecule has 2 heterocycles. The second-order valence-corrected chi connectivity index (χ2v) is 8.63. The third-order valence-electron chi connectivity index (χ3n) is 6.07. The largest absolute Gasteiger partial charge is 0.456 e. The van der Waals surface area contributed by atoms with Gasteiger partial charge in [-0.2, -0.15) is 0 Å². The highest BCUT2D eigenvalue weighted by Crippen LogP contribution is 2.47. The van der Waals surface area contributed by atoms with E-state index in [1.165, 1.54) is 5.56 Å². The van der Waals surface area contributed by atoms with Crippen LogP contribution in [0, 0.1) is 0 Å². The van der Waals surface area contributed by atoms with E-state index < -0.39 is 0 Å². The SMILES string of the molecule is CC(c1ccccc1)n1c(COCCN(C)C)nc2c1-c1ccccc1Oc1ccccc1-2. The summed E-state index contributed by atoms with van der Waals surface area (Å²) in [6.45, 7) is 4.19. The van der Waals surface area contributed by atoms with Gasteiger partial charge in [0.1, 0.15) is 29.6 Å². The monoisotopic (exact) mass is 439 g/mol. The Kier molecular flexibility index (Phi) is 5.99. The average Bonchev–Trinajstić information content (AvgIpc) is 3.15. The number of aromatic nitrogens is 2. The van der Waals surface area contributed by atoms with Gasteiger partial charge in [0.25, 0.3) is 0 Å². The molecule has 0 radical (unpaired) electrons. The highest BCUT2D eigenvalue weighted by molar-refractivity contribution is 5.87. The molecule has 33 heavy (non-hydrogen) atoms. The molecule has 5 rings (SSSR count). The molecule has 5 heteroatoms. The standard InChI is InChI=1S/C28H29N3O2/c1-20(21-11-5-4-6-12-21)31-26(19-32-18-17-30(2)3)29-27-22-13-7-9-15-24(22)33-25-16-10-8-14-23(25)28(27)31/h4-16,20H,17-19H2,1-3H3. The van der Waals surface area contributed by atoms with E-state index in [4.69, 9.17) is 14.5 Å². The first-order valence-corrected chi connectivity index (χ1v) is 11.4. The number of hydrogen-bond acceptors (Lipinski definition) is 4. The summed E-state index contributed by atoms with van der Waals surface area (Å²) in [6, 6.07) is 27.0. The van der Waals surface area contributed by atoms with Crippen LogP contribution in [0.2, 0.25) is 0 Å². The molecule has 0 aliphatic carbocycles. The Morgan fingerprint density at radius 2 is 1.52 bits per heavy atom. The molecule has 0 saturated heterocycles. The summed E-state index contributed by atoms with van der Waals surface area (Å²) in [6.07, 6.45) is 0. The van der Waals surface area contributed by atoms with E-state index in [2.05, 4.69) is 79.0 Å². The smallest absolute Gasteiger partial charge is 0.136 e. The van der Waals surface area contributed by atoms with Crippen LogP contribution in [0.25, 0.3) is 22.5 Å². The summed E-state index contributed by atoms with van der Waals surface area (Å²) in [4.78, 5) is 7.28. The van der Waals surface area contributed by atoms with E-state index in [1.807, 2.05) is 30.3 Å². The normalized spacial score (nSPS) is 13.0. The summed E-state index contributed by atoms with van der Waals surface area (Å²) in [7, 11) is 4.11. The molecule has 5 nitrogen and oxygen atoms in total. The molecule has 3 aromatic carbocycles. The topological polar surface area (TPSA) is 39.5 Å². The van der Waals surface area contributed by atoms with E-state index in [-0.39, 0.29) is 6.04 Å². The van der Waals surface area contributed by atoms with Crippen molar-refractivity contribution in [3.05, 3.63) is 90.3 Å². The van der Waals surface area contributed by atoms with Crippen LogP contribution < -0.4 is 4.74 Å².